The predicted octanol–water partition coefficient (Wildman–Crippen LogP) is -0.414. The maximum absolute atomic E-state index is 3.67. The first-order valence-corrected chi connectivity index (χ1v) is 8.79. The molecule has 2 aliphatic carbocycles. The van der Waals surface area contributed by atoms with Gasteiger partial charge in [0, 0.05) is 25.7 Å². The SMILES string of the molecule is CC(C)C1=CC[C-]=C1C1c2ccccc2-c2ccc(N(C)C)cc21.[Cl-].[Cl-].[Zr+3]. The second kappa shape index (κ2) is 9.59. The summed E-state index contributed by atoms with van der Waals surface area (Å²) in [6, 6.07) is 15.8. The first-order valence-electron chi connectivity index (χ1n) is 8.79. The molecule has 0 amide bonds. The summed E-state index contributed by atoms with van der Waals surface area (Å²) < 4.78 is 0. The van der Waals surface area contributed by atoms with Crippen LogP contribution in [0.2, 0.25) is 0 Å². The minimum absolute atomic E-state index is 0. The summed E-state index contributed by atoms with van der Waals surface area (Å²) in [7, 11) is 4.22. The van der Waals surface area contributed by atoms with Crippen LogP contribution >= 0.6 is 0 Å². The van der Waals surface area contributed by atoms with E-state index in [0.29, 0.717) is 11.8 Å². The second-order valence-electron chi connectivity index (χ2n) is 7.29. The van der Waals surface area contributed by atoms with Crippen molar-refractivity contribution in [1.29, 1.82) is 0 Å². The Kier molecular flexibility index (Phi) is 8.61. The van der Waals surface area contributed by atoms with Crippen molar-refractivity contribution in [2.75, 3.05) is 19.0 Å². The maximum atomic E-state index is 3.67. The molecular formula is C23H24Cl2NZr. The van der Waals surface area contributed by atoms with Gasteiger partial charge in [-0.25, -0.2) is 5.57 Å². The third kappa shape index (κ3) is 4.14. The normalized spacial score (nSPS) is 16.3. The topological polar surface area (TPSA) is 3.24 Å². The Hall–Kier alpha value is -0.817. The Bertz CT molecular complexity index is 868. The molecule has 0 heterocycles. The molecule has 0 bridgehead atoms. The molecule has 0 saturated carbocycles. The average Bonchev–Trinajstić information content (AvgIpc) is 3.16. The van der Waals surface area contributed by atoms with E-state index in [4.69, 9.17) is 0 Å². The van der Waals surface area contributed by atoms with E-state index in [1.807, 2.05) is 0 Å². The number of anilines is 1. The molecule has 0 spiro atoms. The standard InChI is InChI=1S/C23H24N.2ClH.Zr/c1-15(2)17-10-7-11-20(17)23-21-9-6-5-8-18(21)19-13-12-16(24(3)4)14-22(19)23;;;/h5-6,8-10,12-15,23H,7H2,1-4H3;2*1H;/q-1;;;+3/p-2. The molecule has 0 N–H and O–H groups in total. The van der Waals surface area contributed by atoms with Gasteiger partial charge in [-0.1, -0.05) is 50.1 Å². The number of hydrogen-bond acceptors (Lipinski definition) is 1. The number of halogens is 2. The van der Waals surface area contributed by atoms with Crippen molar-refractivity contribution in [3.8, 4) is 11.1 Å². The van der Waals surface area contributed by atoms with E-state index in [9.17, 15) is 0 Å². The van der Waals surface area contributed by atoms with Gasteiger partial charge in [0.15, 0.2) is 0 Å². The smallest absolute Gasteiger partial charge is 1.00 e. The minimum atomic E-state index is 0. The number of rotatable bonds is 3. The minimum Gasteiger partial charge on any atom is -1.00 e. The molecule has 2 aromatic rings. The predicted molar refractivity (Wildman–Crippen MR) is 102 cm³/mol. The molecule has 1 nitrogen and oxygen atoms in total. The average molecular weight is 477 g/mol. The van der Waals surface area contributed by atoms with Gasteiger partial charge in [0.05, 0.1) is 0 Å². The fraction of sp³-hybridized carbons (Fsp3) is 0.304. The number of allylic oxidation sites excluding steroid dienone is 4. The van der Waals surface area contributed by atoms with Crippen LogP contribution in [0.5, 0.6) is 0 Å². The van der Waals surface area contributed by atoms with Gasteiger partial charge in [-0.3, -0.25) is 6.08 Å². The van der Waals surface area contributed by atoms with Gasteiger partial charge in [0.25, 0.3) is 0 Å². The van der Waals surface area contributed by atoms with Crippen molar-refractivity contribution in [2.45, 2.75) is 26.2 Å². The van der Waals surface area contributed by atoms with Gasteiger partial charge >= 0.3 is 26.2 Å². The van der Waals surface area contributed by atoms with Crippen molar-refractivity contribution in [3.63, 3.8) is 0 Å². The fourth-order valence-electron chi connectivity index (χ4n) is 4.08. The zero-order valence-electron chi connectivity index (χ0n) is 16.2. The molecule has 0 saturated heterocycles. The van der Waals surface area contributed by atoms with Crippen LogP contribution in [0.25, 0.3) is 11.1 Å². The zero-order valence-corrected chi connectivity index (χ0v) is 20.2. The number of nitrogens with zero attached hydrogens (tertiary/aromatic N) is 1. The summed E-state index contributed by atoms with van der Waals surface area (Å²) in [4.78, 5) is 2.19. The van der Waals surface area contributed by atoms with Crippen molar-refractivity contribution >= 4 is 5.69 Å². The van der Waals surface area contributed by atoms with Crippen molar-refractivity contribution in [2.24, 2.45) is 5.92 Å². The van der Waals surface area contributed by atoms with Crippen LogP contribution in [-0.4, -0.2) is 14.1 Å². The molecule has 4 heteroatoms. The third-order valence-corrected chi connectivity index (χ3v) is 5.26. The Morgan fingerprint density at radius 2 is 1.63 bits per heavy atom. The van der Waals surface area contributed by atoms with Crippen LogP contribution in [0.3, 0.4) is 0 Å². The van der Waals surface area contributed by atoms with Crippen molar-refractivity contribution in [3.05, 3.63) is 76.9 Å². The molecular weight excluding hydrogens is 452 g/mol. The number of hydrogen-bond donors (Lipinski definition) is 0. The first-order chi connectivity index (χ1) is 11.6. The van der Waals surface area contributed by atoms with Gasteiger partial charge in [-0.15, -0.1) is 6.42 Å². The molecule has 27 heavy (non-hydrogen) atoms. The summed E-state index contributed by atoms with van der Waals surface area (Å²) >= 11 is 0. The molecule has 2 aromatic carbocycles. The van der Waals surface area contributed by atoms with E-state index < -0.39 is 0 Å². The molecule has 1 atom stereocenters. The molecule has 2 aliphatic rings. The summed E-state index contributed by atoms with van der Waals surface area (Å²) in [6.07, 6.45) is 6.98. The number of fused-ring (bicyclic) bond motifs is 3. The van der Waals surface area contributed by atoms with E-state index in [2.05, 4.69) is 87.5 Å². The Labute approximate surface area is 194 Å². The first kappa shape index (κ1) is 24.2. The van der Waals surface area contributed by atoms with E-state index in [0.717, 1.165) is 6.42 Å². The van der Waals surface area contributed by atoms with Crippen LogP contribution in [-0.2, 0) is 26.2 Å². The van der Waals surface area contributed by atoms with Crippen LogP contribution < -0.4 is 29.7 Å². The van der Waals surface area contributed by atoms with Crippen molar-refractivity contribution in [1.82, 2.24) is 0 Å². The van der Waals surface area contributed by atoms with E-state index in [-0.39, 0.29) is 51.0 Å². The van der Waals surface area contributed by atoms with Crippen LogP contribution in [0, 0.1) is 12.0 Å². The second-order valence-corrected chi connectivity index (χ2v) is 7.29. The van der Waals surface area contributed by atoms with E-state index >= 15 is 0 Å². The number of benzene rings is 2. The zero-order chi connectivity index (χ0) is 16.8. The largest absolute Gasteiger partial charge is 3.00 e. The quantitative estimate of drug-likeness (QED) is 0.545. The van der Waals surface area contributed by atoms with Crippen LogP contribution in [0.1, 0.15) is 37.3 Å². The molecule has 0 fully saturated rings. The van der Waals surface area contributed by atoms with E-state index in [1.54, 1.807) is 0 Å². The summed E-state index contributed by atoms with van der Waals surface area (Å²) in [5.74, 6) is 0.871. The fourth-order valence-corrected chi connectivity index (χ4v) is 4.08. The Morgan fingerprint density at radius 1 is 0.963 bits per heavy atom. The van der Waals surface area contributed by atoms with Gasteiger partial charge in [-0.05, 0) is 34.4 Å². The third-order valence-electron chi connectivity index (χ3n) is 5.26. The molecule has 4 rings (SSSR count). The van der Waals surface area contributed by atoms with Crippen LogP contribution in [0.4, 0.5) is 5.69 Å². The van der Waals surface area contributed by atoms with E-state index in [1.165, 1.54) is 39.1 Å². The summed E-state index contributed by atoms with van der Waals surface area (Å²) in [5, 5.41) is 0. The Morgan fingerprint density at radius 3 is 2.30 bits per heavy atom. The molecule has 1 unspecified atom stereocenters. The summed E-state index contributed by atoms with van der Waals surface area (Å²) in [5.41, 5.74) is 9.75. The van der Waals surface area contributed by atoms with Crippen molar-refractivity contribution < 1.29 is 51.0 Å². The van der Waals surface area contributed by atoms with Gasteiger partial charge in [0.1, 0.15) is 0 Å². The maximum Gasteiger partial charge on any atom is 3.00 e. The summed E-state index contributed by atoms with van der Waals surface area (Å²) in [6.45, 7) is 4.58. The molecule has 1 radical (unpaired) electrons. The monoisotopic (exact) mass is 474 g/mol. The van der Waals surface area contributed by atoms with Gasteiger partial charge in [0.2, 0.25) is 0 Å². The molecule has 0 aliphatic heterocycles. The van der Waals surface area contributed by atoms with Gasteiger partial charge < -0.3 is 29.7 Å². The van der Waals surface area contributed by atoms with Crippen LogP contribution in [0.15, 0.2) is 59.7 Å². The Balaban J connectivity index is 0.00000121. The molecule has 139 valence electrons. The van der Waals surface area contributed by atoms with Gasteiger partial charge in [-0.2, -0.15) is 11.6 Å². The molecule has 0 aromatic heterocycles.